The molecule has 0 radical (unpaired) electrons. The maximum absolute atomic E-state index is 13.9. The molecule has 9 unspecified atom stereocenters. The van der Waals surface area contributed by atoms with Crippen LogP contribution in [0.2, 0.25) is 0 Å². The van der Waals surface area contributed by atoms with Gasteiger partial charge in [-0.15, -0.1) is 0 Å². The molecule has 0 aromatic rings. The first-order valence-corrected chi connectivity index (χ1v) is 20.6. The highest BCUT2D eigenvalue weighted by Gasteiger charge is 2.63. The summed E-state index contributed by atoms with van der Waals surface area (Å²) < 4.78 is 38.7. The molecule has 0 amide bonds. The van der Waals surface area contributed by atoms with E-state index in [0.29, 0.717) is 25.3 Å². The number of nitrogens with zero attached hydrogens (tertiary/aromatic N) is 1. The third-order valence-corrected chi connectivity index (χ3v) is 12.8. The molecular formula is C42H83NO10. The van der Waals surface area contributed by atoms with Crippen LogP contribution < -0.4 is 0 Å². The molecule has 316 valence electrons. The van der Waals surface area contributed by atoms with Crippen molar-refractivity contribution in [2.24, 2.45) is 35.5 Å². The molecule has 4 rings (SSSR count). The fourth-order valence-corrected chi connectivity index (χ4v) is 9.18. The first kappa shape index (κ1) is 50.1. The molecule has 4 saturated heterocycles. The van der Waals surface area contributed by atoms with E-state index in [1.165, 1.54) is 0 Å². The Kier molecular flexibility index (Phi) is 20.4. The van der Waals surface area contributed by atoms with E-state index in [1.807, 2.05) is 55.4 Å². The van der Waals surface area contributed by atoms with E-state index in [9.17, 15) is 15.0 Å². The lowest BCUT2D eigenvalue weighted by Crippen LogP contribution is -2.55. The fraction of sp³-hybridized carbons (Fsp3) is 0.976. The smallest absolute Gasteiger partial charge is 0.309 e. The average Bonchev–Trinajstić information content (AvgIpc) is 3.84. The highest BCUT2D eigenvalue weighted by Crippen LogP contribution is 2.53. The summed E-state index contributed by atoms with van der Waals surface area (Å²) in [6.45, 7) is 28.1. The fourth-order valence-electron chi connectivity index (χ4n) is 9.18. The highest BCUT2D eigenvalue weighted by molar-refractivity contribution is 5.72. The van der Waals surface area contributed by atoms with Crippen LogP contribution in [-0.2, 0) is 33.2 Å². The van der Waals surface area contributed by atoms with Crippen molar-refractivity contribution in [2.45, 2.75) is 195 Å². The average molecular weight is 762 g/mol. The van der Waals surface area contributed by atoms with Crippen molar-refractivity contribution in [1.29, 1.82) is 0 Å². The molecule has 3 N–H and O–H groups in total. The zero-order chi connectivity index (χ0) is 41.2. The van der Waals surface area contributed by atoms with Gasteiger partial charge in [0.25, 0.3) is 0 Å². The minimum atomic E-state index is -1.27. The number of carbonyl (C=O) groups excluding carboxylic acids is 1. The third-order valence-electron chi connectivity index (χ3n) is 12.8. The van der Waals surface area contributed by atoms with Crippen LogP contribution in [0.1, 0.15) is 129 Å². The number of rotatable bonds is 6. The molecule has 0 bridgehead atoms. The Balaban J connectivity index is 0.00000222. The van der Waals surface area contributed by atoms with Gasteiger partial charge in [-0.2, -0.15) is 0 Å². The lowest BCUT2D eigenvalue weighted by molar-refractivity contribution is -0.269. The van der Waals surface area contributed by atoms with Crippen LogP contribution in [0.4, 0.5) is 0 Å². The van der Waals surface area contributed by atoms with Crippen LogP contribution in [0.15, 0.2) is 0 Å². The molecule has 0 spiro atoms. The quantitative estimate of drug-likeness (QED) is 0.203. The van der Waals surface area contributed by atoms with Crippen molar-refractivity contribution in [1.82, 2.24) is 4.90 Å². The van der Waals surface area contributed by atoms with Gasteiger partial charge in [-0.3, -0.25) is 4.79 Å². The van der Waals surface area contributed by atoms with Gasteiger partial charge in [0.15, 0.2) is 6.29 Å². The summed E-state index contributed by atoms with van der Waals surface area (Å²) in [6.07, 6.45) is 1.67. The number of hydrogen-bond acceptors (Lipinski definition) is 11. The number of carbonyl (C=O) groups is 1. The molecular weight excluding hydrogens is 678 g/mol. The minimum Gasteiger partial charge on any atom is -0.462 e. The summed E-state index contributed by atoms with van der Waals surface area (Å²) in [7, 11) is 6.94. The van der Waals surface area contributed by atoms with E-state index in [4.69, 9.17) is 33.5 Å². The first-order chi connectivity index (χ1) is 24.7. The van der Waals surface area contributed by atoms with Crippen LogP contribution in [-0.4, -0.2) is 127 Å². The second kappa shape index (κ2) is 21.6. The van der Waals surface area contributed by atoms with Gasteiger partial charge in [0.05, 0.1) is 53.7 Å². The van der Waals surface area contributed by atoms with Crippen LogP contribution in [0.3, 0.4) is 0 Å². The van der Waals surface area contributed by atoms with E-state index in [-0.39, 0.29) is 66.6 Å². The topological polar surface area (TPSA) is 140 Å². The summed E-state index contributed by atoms with van der Waals surface area (Å²) in [6, 6.07) is 0.315. The van der Waals surface area contributed by atoms with Gasteiger partial charge in [0.2, 0.25) is 0 Å². The van der Waals surface area contributed by atoms with Gasteiger partial charge in [0, 0.05) is 32.6 Å². The van der Waals surface area contributed by atoms with Crippen molar-refractivity contribution in [3.8, 4) is 0 Å². The summed E-state index contributed by atoms with van der Waals surface area (Å²) >= 11 is 0. The molecule has 0 saturated carbocycles. The summed E-state index contributed by atoms with van der Waals surface area (Å²) in [5.41, 5.74) is -2.60. The van der Waals surface area contributed by atoms with E-state index in [1.54, 1.807) is 14.0 Å². The predicted octanol–water partition coefficient (Wildman–Crippen LogP) is 6.47. The standard InChI is InChI=1S/C37H67NO9.2C2H6.CH4O/c1-20-14-28(45-25(6)31(20)39)17-29-23(4)33(46-30-16-27(38(11)12)15-22(3)44-30)36(9,42-13)18-21(2)32-37(10,47-32)26(7)35(8,41)19-43-34(40)24(29)5;3*1-2/h20-33,39,41H,14-19H2,1-13H3;2*1-2H3;2H,1H3/t20?,21-,22?,23+,24?,25?,26?,27?,28-,29+,30?,31-,32?,33-,35-,36-,37?;;;/m1.../s1. The van der Waals surface area contributed by atoms with Crippen molar-refractivity contribution in [2.75, 3.05) is 34.9 Å². The monoisotopic (exact) mass is 762 g/mol. The molecule has 4 heterocycles. The number of aliphatic hydroxyl groups is 3. The maximum Gasteiger partial charge on any atom is 0.309 e. The van der Waals surface area contributed by atoms with Crippen LogP contribution in [0, 0.1) is 35.5 Å². The maximum atomic E-state index is 13.9. The minimum absolute atomic E-state index is 0.0345. The Bertz CT molecular complexity index is 1050. The molecule has 11 nitrogen and oxygen atoms in total. The number of epoxide rings is 1. The van der Waals surface area contributed by atoms with Crippen molar-refractivity contribution < 1.29 is 48.5 Å². The molecule has 4 aliphatic rings. The number of cyclic esters (lactones) is 1. The summed E-state index contributed by atoms with van der Waals surface area (Å²) in [5, 5.41) is 29.2. The third kappa shape index (κ3) is 12.3. The number of esters is 1. The van der Waals surface area contributed by atoms with Crippen molar-refractivity contribution in [3.05, 3.63) is 0 Å². The number of fused-ring (bicyclic) bond motifs is 1. The van der Waals surface area contributed by atoms with E-state index < -0.39 is 41.2 Å². The zero-order valence-corrected chi connectivity index (χ0v) is 37.0. The Morgan fingerprint density at radius 2 is 1.47 bits per heavy atom. The number of hydrogen-bond donors (Lipinski definition) is 3. The SMILES string of the molecule is CC.CC.CO.CO[C@]1(C)C[C@@H](C)C2OC2(C)C(C)[C@](C)(O)COC(=O)C(C)[C@@H](C[C@H]2CC(C)[C@@H](O)C(C)O2)[C@H](C)[C@H]1OC1CC(N(C)C)CC(C)O1. The lowest BCUT2D eigenvalue weighted by Gasteiger charge is -2.48. The lowest BCUT2D eigenvalue weighted by atomic mass is 9.69. The molecule has 11 heteroatoms. The molecule has 0 aromatic heterocycles. The summed E-state index contributed by atoms with van der Waals surface area (Å²) in [5.74, 6) is -1.39. The van der Waals surface area contributed by atoms with Crippen molar-refractivity contribution in [3.63, 3.8) is 0 Å². The van der Waals surface area contributed by atoms with Crippen molar-refractivity contribution >= 4 is 5.97 Å². The Labute approximate surface area is 324 Å². The number of ether oxygens (including phenoxy) is 6. The normalized spacial score (nSPS) is 46.4. The van der Waals surface area contributed by atoms with Gasteiger partial charge in [-0.1, -0.05) is 62.3 Å². The molecule has 17 atom stereocenters. The van der Waals surface area contributed by atoms with Gasteiger partial charge in [0.1, 0.15) is 12.2 Å². The molecule has 4 fully saturated rings. The Hall–Kier alpha value is -0.890. The molecule has 4 aliphatic heterocycles. The highest BCUT2D eigenvalue weighted by atomic mass is 16.7. The Morgan fingerprint density at radius 1 is 0.887 bits per heavy atom. The summed E-state index contributed by atoms with van der Waals surface area (Å²) in [4.78, 5) is 16.2. The molecule has 0 aromatic carbocycles. The second-order valence-corrected chi connectivity index (χ2v) is 16.8. The van der Waals surface area contributed by atoms with Gasteiger partial charge in [-0.25, -0.2) is 0 Å². The van der Waals surface area contributed by atoms with Crippen LogP contribution in [0.5, 0.6) is 0 Å². The predicted molar refractivity (Wildman–Crippen MR) is 211 cm³/mol. The molecule has 53 heavy (non-hydrogen) atoms. The van der Waals surface area contributed by atoms with Gasteiger partial charge >= 0.3 is 5.97 Å². The second-order valence-electron chi connectivity index (χ2n) is 16.8. The molecule has 0 aliphatic carbocycles. The van der Waals surface area contributed by atoms with Crippen LogP contribution >= 0.6 is 0 Å². The number of aliphatic hydroxyl groups excluding tert-OH is 2. The van der Waals surface area contributed by atoms with Crippen LogP contribution in [0.25, 0.3) is 0 Å². The Morgan fingerprint density at radius 3 is 2.00 bits per heavy atom. The van der Waals surface area contributed by atoms with E-state index >= 15 is 0 Å². The van der Waals surface area contributed by atoms with Gasteiger partial charge in [-0.05, 0) is 98.1 Å². The van der Waals surface area contributed by atoms with E-state index in [0.717, 1.165) is 20.0 Å². The zero-order valence-electron chi connectivity index (χ0n) is 37.0. The largest absolute Gasteiger partial charge is 0.462 e. The van der Waals surface area contributed by atoms with Gasteiger partial charge < -0.3 is 48.6 Å². The van der Waals surface area contributed by atoms with E-state index in [2.05, 4.69) is 53.6 Å². The first-order valence-electron chi connectivity index (χ1n) is 20.6. The number of methoxy groups -OCH3 is 1.